The van der Waals surface area contributed by atoms with Gasteiger partial charge in [0.2, 0.25) is 0 Å². The van der Waals surface area contributed by atoms with Gasteiger partial charge in [-0.2, -0.15) is 0 Å². The number of aromatic nitrogens is 3. The third kappa shape index (κ3) is 4.89. The highest BCUT2D eigenvalue weighted by Crippen LogP contribution is 2.33. The van der Waals surface area contributed by atoms with Gasteiger partial charge in [-0.05, 0) is 49.6 Å². The second kappa shape index (κ2) is 9.49. The van der Waals surface area contributed by atoms with Crippen LogP contribution in [0.3, 0.4) is 0 Å². The molecule has 0 atom stereocenters. The van der Waals surface area contributed by atoms with Crippen LogP contribution in [0.25, 0.3) is 10.2 Å². The zero-order valence-corrected chi connectivity index (χ0v) is 19.0. The van der Waals surface area contributed by atoms with Gasteiger partial charge in [0, 0.05) is 30.5 Å². The van der Waals surface area contributed by atoms with Crippen molar-refractivity contribution in [2.24, 2.45) is 0 Å². The van der Waals surface area contributed by atoms with E-state index < -0.39 is 0 Å². The third-order valence-electron chi connectivity index (χ3n) is 5.07. The highest BCUT2D eigenvalue weighted by Gasteiger charge is 2.21. The lowest BCUT2D eigenvalue weighted by Crippen LogP contribution is -2.36. The molecule has 0 N–H and O–H groups in total. The van der Waals surface area contributed by atoms with Gasteiger partial charge in [-0.15, -0.1) is 0 Å². The average molecular weight is 455 g/mol. The van der Waals surface area contributed by atoms with E-state index in [1.54, 1.807) is 17.4 Å². The van der Waals surface area contributed by atoms with Gasteiger partial charge >= 0.3 is 0 Å². The highest BCUT2D eigenvalue weighted by atomic mass is 35.5. The molecule has 2 heterocycles. The van der Waals surface area contributed by atoms with Crippen LogP contribution in [0.15, 0.2) is 55.1 Å². The van der Waals surface area contributed by atoms with Crippen LogP contribution in [0.5, 0.6) is 5.75 Å². The molecule has 0 unspecified atom stereocenters. The van der Waals surface area contributed by atoms with E-state index in [-0.39, 0.29) is 12.5 Å². The Morgan fingerprint density at radius 2 is 2.06 bits per heavy atom. The fourth-order valence-electron chi connectivity index (χ4n) is 3.30. The van der Waals surface area contributed by atoms with Crippen LogP contribution in [0.2, 0.25) is 5.02 Å². The van der Waals surface area contributed by atoms with Crippen molar-refractivity contribution in [1.29, 1.82) is 0 Å². The molecule has 2 aromatic heterocycles. The minimum Gasteiger partial charge on any atom is -0.483 e. The summed E-state index contributed by atoms with van der Waals surface area (Å²) in [6, 6.07) is 11.5. The van der Waals surface area contributed by atoms with Crippen molar-refractivity contribution in [2.45, 2.75) is 26.8 Å². The Morgan fingerprint density at radius 3 is 2.84 bits per heavy atom. The van der Waals surface area contributed by atoms with Crippen molar-refractivity contribution in [2.75, 3.05) is 18.1 Å². The number of ether oxygens (including phenoxy) is 1. The SMILES string of the molecule is Cc1ccccc1OCC(=O)N(CCCn1ccnc1)c1nc2c(C)c(Cl)ccc2s1. The first-order valence-electron chi connectivity index (χ1n) is 10.0. The molecule has 0 bridgehead atoms. The van der Waals surface area contributed by atoms with E-state index in [4.69, 9.17) is 21.3 Å². The lowest BCUT2D eigenvalue weighted by molar-refractivity contribution is -0.120. The second-order valence-electron chi connectivity index (χ2n) is 7.27. The molecule has 2 aromatic carbocycles. The molecule has 0 saturated heterocycles. The van der Waals surface area contributed by atoms with Gasteiger partial charge in [-0.1, -0.05) is 41.1 Å². The van der Waals surface area contributed by atoms with E-state index in [0.717, 1.165) is 34.3 Å². The number of aryl methyl sites for hydroxylation is 3. The second-order valence-corrected chi connectivity index (χ2v) is 8.69. The van der Waals surface area contributed by atoms with E-state index in [2.05, 4.69) is 4.98 Å². The van der Waals surface area contributed by atoms with Crippen molar-refractivity contribution in [3.8, 4) is 5.75 Å². The number of benzene rings is 2. The first-order chi connectivity index (χ1) is 15.0. The molecule has 0 radical (unpaired) electrons. The fraction of sp³-hybridized carbons (Fsp3) is 0.261. The van der Waals surface area contributed by atoms with Crippen molar-refractivity contribution in [1.82, 2.24) is 14.5 Å². The van der Waals surface area contributed by atoms with Crippen LogP contribution < -0.4 is 9.64 Å². The molecule has 0 aliphatic rings. The summed E-state index contributed by atoms with van der Waals surface area (Å²) < 4.78 is 8.82. The zero-order chi connectivity index (χ0) is 21.8. The maximum absolute atomic E-state index is 13.2. The Morgan fingerprint density at radius 1 is 1.23 bits per heavy atom. The minimum absolute atomic E-state index is 0.0500. The Bertz CT molecular complexity index is 1190. The zero-order valence-electron chi connectivity index (χ0n) is 17.4. The molecule has 160 valence electrons. The van der Waals surface area contributed by atoms with E-state index in [1.165, 1.54) is 11.3 Å². The van der Waals surface area contributed by atoms with Gasteiger partial charge in [0.15, 0.2) is 11.7 Å². The third-order valence-corrected chi connectivity index (χ3v) is 6.52. The molecule has 1 amide bonds. The molecule has 0 fully saturated rings. The number of halogens is 1. The van der Waals surface area contributed by atoms with Gasteiger partial charge in [0.25, 0.3) is 5.91 Å². The van der Waals surface area contributed by atoms with E-state index >= 15 is 0 Å². The molecule has 4 aromatic rings. The number of rotatable bonds is 8. The van der Waals surface area contributed by atoms with Gasteiger partial charge in [0.05, 0.1) is 16.5 Å². The standard InChI is InChI=1S/C23H23ClN4O2S/c1-16-6-3-4-7-19(16)30-14-21(29)28(12-5-11-27-13-10-25-15-27)23-26-22-17(2)18(24)8-9-20(22)31-23/h3-4,6-10,13,15H,5,11-12,14H2,1-2H3. The van der Waals surface area contributed by atoms with Crippen LogP contribution in [0.4, 0.5) is 5.13 Å². The van der Waals surface area contributed by atoms with Gasteiger partial charge in [0.1, 0.15) is 5.75 Å². The summed E-state index contributed by atoms with van der Waals surface area (Å²) in [5, 5.41) is 1.33. The quantitative estimate of drug-likeness (QED) is 0.364. The first kappa shape index (κ1) is 21.3. The molecular weight excluding hydrogens is 432 g/mol. The van der Waals surface area contributed by atoms with Crippen LogP contribution in [0.1, 0.15) is 17.5 Å². The summed E-state index contributed by atoms with van der Waals surface area (Å²) in [6.07, 6.45) is 6.20. The molecule has 8 heteroatoms. The first-order valence-corrected chi connectivity index (χ1v) is 11.2. The smallest absolute Gasteiger partial charge is 0.266 e. The van der Waals surface area contributed by atoms with Crippen LogP contribution in [-0.2, 0) is 11.3 Å². The topological polar surface area (TPSA) is 60.2 Å². The fourth-order valence-corrected chi connectivity index (χ4v) is 4.52. The normalized spacial score (nSPS) is 11.1. The average Bonchev–Trinajstić information content (AvgIpc) is 3.43. The Kier molecular flexibility index (Phi) is 6.53. The summed E-state index contributed by atoms with van der Waals surface area (Å²) in [6.45, 7) is 5.15. The summed E-state index contributed by atoms with van der Waals surface area (Å²) >= 11 is 7.76. The number of carbonyl (C=O) groups excluding carboxylic acids is 1. The number of carbonyl (C=O) groups is 1. The summed E-state index contributed by atoms with van der Waals surface area (Å²) in [5.41, 5.74) is 2.75. The van der Waals surface area contributed by atoms with Gasteiger partial charge in [-0.25, -0.2) is 9.97 Å². The predicted molar refractivity (Wildman–Crippen MR) is 125 cm³/mol. The Labute approximate surface area is 190 Å². The molecule has 0 spiro atoms. The van der Waals surface area contributed by atoms with E-state index in [9.17, 15) is 4.79 Å². The minimum atomic E-state index is -0.128. The Balaban J connectivity index is 1.55. The molecule has 6 nitrogen and oxygen atoms in total. The number of hydrogen-bond donors (Lipinski definition) is 0. The van der Waals surface area contributed by atoms with Crippen molar-refractivity contribution >= 4 is 44.2 Å². The van der Waals surface area contributed by atoms with Gasteiger partial charge < -0.3 is 9.30 Å². The maximum atomic E-state index is 13.2. The Hall–Kier alpha value is -2.90. The van der Waals surface area contributed by atoms with Crippen LogP contribution >= 0.6 is 22.9 Å². The lowest BCUT2D eigenvalue weighted by atomic mass is 10.2. The number of amides is 1. The van der Waals surface area contributed by atoms with Gasteiger partial charge in [-0.3, -0.25) is 9.69 Å². The number of thiazole rings is 1. The number of nitrogens with zero attached hydrogens (tertiary/aromatic N) is 4. The number of anilines is 1. The van der Waals surface area contributed by atoms with E-state index in [1.807, 2.05) is 61.0 Å². The lowest BCUT2D eigenvalue weighted by Gasteiger charge is -2.20. The maximum Gasteiger partial charge on any atom is 0.266 e. The van der Waals surface area contributed by atoms with E-state index in [0.29, 0.717) is 22.4 Å². The van der Waals surface area contributed by atoms with Crippen molar-refractivity contribution < 1.29 is 9.53 Å². The summed E-state index contributed by atoms with van der Waals surface area (Å²) in [5.74, 6) is 0.581. The molecule has 31 heavy (non-hydrogen) atoms. The highest BCUT2D eigenvalue weighted by molar-refractivity contribution is 7.22. The van der Waals surface area contributed by atoms with Crippen molar-refractivity contribution in [3.63, 3.8) is 0 Å². The summed E-state index contributed by atoms with van der Waals surface area (Å²) in [7, 11) is 0. The number of para-hydroxylation sites is 1. The van der Waals surface area contributed by atoms with Crippen molar-refractivity contribution in [3.05, 3.63) is 71.3 Å². The summed E-state index contributed by atoms with van der Waals surface area (Å²) in [4.78, 5) is 23.7. The molecular formula is C23H23ClN4O2S. The molecule has 0 saturated carbocycles. The predicted octanol–water partition coefficient (Wildman–Crippen LogP) is 5.27. The monoisotopic (exact) mass is 454 g/mol. The van der Waals surface area contributed by atoms with Crippen LogP contribution in [0, 0.1) is 13.8 Å². The molecule has 0 aliphatic heterocycles. The number of hydrogen-bond acceptors (Lipinski definition) is 5. The molecule has 0 aliphatic carbocycles. The largest absolute Gasteiger partial charge is 0.483 e. The van der Waals surface area contributed by atoms with Crippen LogP contribution in [-0.4, -0.2) is 33.6 Å². The molecule has 4 rings (SSSR count). The number of imidazole rings is 1. The number of fused-ring (bicyclic) bond motifs is 1.